The van der Waals surface area contributed by atoms with Crippen LogP contribution in [0.25, 0.3) is 11.2 Å². The Morgan fingerprint density at radius 2 is 1.75 bits per heavy atom. The first-order chi connectivity index (χ1) is 17.6. The van der Waals surface area contributed by atoms with E-state index in [0.717, 1.165) is 37.1 Å². The van der Waals surface area contributed by atoms with Crippen LogP contribution >= 0.6 is 0 Å². The SMILES string of the molecule is COc1ccc(Nc2ncc3nc(Nc4ccccc4F)n(C4CCC5(CC4)OCCO5)c3n2)cc1. The Morgan fingerprint density at radius 3 is 2.47 bits per heavy atom. The van der Waals surface area contributed by atoms with Crippen LogP contribution in [0.1, 0.15) is 31.7 Å². The third-order valence-corrected chi connectivity index (χ3v) is 6.79. The van der Waals surface area contributed by atoms with Crippen molar-refractivity contribution >= 4 is 34.4 Å². The summed E-state index contributed by atoms with van der Waals surface area (Å²) in [5, 5.41) is 6.43. The number of fused-ring (bicyclic) bond motifs is 1. The van der Waals surface area contributed by atoms with Gasteiger partial charge in [0.1, 0.15) is 17.1 Å². The first-order valence-electron chi connectivity index (χ1n) is 12.1. The molecular formula is C26H27FN6O3. The monoisotopic (exact) mass is 490 g/mol. The van der Waals surface area contributed by atoms with Gasteiger partial charge in [0, 0.05) is 24.6 Å². The molecule has 2 aromatic heterocycles. The van der Waals surface area contributed by atoms with Crippen molar-refractivity contribution in [3.05, 3.63) is 60.5 Å². The topological polar surface area (TPSA) is 95.4 Å². The summed E-state index contributed by atoms with van der Waals surface area (Å²) < 4.78 is 33.6. The Hall–Kier alpha value is -3.76. The summed E-state index contributed by atoms with van der Waals surface area (Å²) in [6, 6.07) is 14.2. The number of nitrogens with zero attached hydrogens (tertiary/aromatic N) is 4. The quantitative estimate of drug-likeness (QED) is 0.375. The van der Waals surface area contributed by atoms with E-state index in [0.29, 0.717) is 42.0 Å². The van der Waals surface area contributed by atoms with Gasteiger partial charge >= 0.3 is 0 Å². The molecule has 2 fully saturated rings. The molecule has 4 aromatic rings. The summed E-state index contributed by atoms with van der Waals surface area (Å²) in [4.78, 5) is 14.0. The number of hydrogen-bond donors (Lipinski definition) is 2. The minimum absolute atomic E-state index is 0.0893. The maximum absolute atomic E-state index is 14.5. The molecule has 2 aliphatic rings. The molecule has 1 spiro atoms. The maximum atomic E-state index is 14.5. The zero-order valence-electron chi connectivity index (χ0n) is 19.9. The number of hydrogen-bond acceptors (Lipinski definition) is 8. The van der Waals surface area contributed by atoms with Crippen LogP contribution in [0.4, 0.5) is 27.7 Å². The summed E-state index contributed by atoms with van der Waals surface area (Å²) in [7, 11) is 1.63. The highest BCUT2D eigenvalue weighted by molar-refractivity contribution is 5.77. The van der Waals surface area contributed by atoms with Crippen molar-refractivity contribution in [2.24, 2.45) is 0 Å². The molecule has 0 atom stereocenters. The summed E-state index contributed by atoms with van der Waals surface area (Å²) in [6.07, 6.45) is 4.88. The fraction of sp³-hybridized carbons (Fsp3) is 0.346. The van der Waals surface area contributed by atoms with Crippen LogP contribution in [0.3, 0.4) is 0 Å². The molecule has 3 heterocycles. The van der Waals surface area contributed by atoms with Crippen LogP contribution in [0, 0.1) is 5.82 Å². The van der Waals surface area contributed by atoms with E-state index in [1.807, 2.05) is 24.3 Å². The number of benzene rings is 2. The van der Waals surface area contributed by atoms with E-state index in [-0.39, 0.29) is 11.9 Å². The van der Waals surface area contributed by atoms with Crippen LogP contribution < -0.4 is 15.4 Å². The number of methoxy groups -OCH3 is 1. The molecule has 1 saturated heterocycles. The lowest BCUT2D eigenvalue weighted by molar-refractivity contribution is -0.181. The molecular weight excluding hydrogens is 463 g/mol. The van der Waals surface area contributed by atoms with E-state index in [1.54, 1.807) is 31.5 Å². The molecule has 0 bridgehead atoms. The van der Waals surface area contributed by atoms with Crippen molar-refractivity contribution in [1.29, 1.82) is 0 Å². The highest BCUT2D eigenvalue weighted by atomic mass is 19.1. The Morgan fingerprint density at radius 1 is 1.00 bits per heavy atom. The van der Waals surface area contributed by atoms with Gasteiger partial charge < -0.3 is 24.8 Å². The number of ether oxygens (including phenoxy) is 3. The molecule has 2 aromatic carbocycles. The predicted octanol–water partition coefficient (Wildman–Crippen LogP) is 5.32. The number of imidazole rings is 1. The van der Waals surface area contributed by atoms with Crippen molar-refractivity contribution in [1.82, 2.24) is 19.5 Å². The molecule has 9 nitrogen and oxygen atoms in total. The molecule has 0 amide bonds. The van der Waals surface area contributed by atoms with Crippen molar-refractivity contribution < 1.29 is 18.6 Å². The lowest BCUT2D eigenvalue weighted by atomic mass is 9.90. The van der Waals surface area contributed by atoms with Crippen LogP contribution in [0.15, 0.2) is 54.7 Å². The Bertz CT molecular complexity index is 1360. The van der Waals surface area contributed by atoms with Gasteiger partial charge in [-0.15, -0.1) is 0 Å². The van der Waals surface area contributed by atoms with E-state index in [1.165, 1.54) is 6.07 Å². The summed E-state index contributed by atoms with van der Waals surface area (Å²) in [5.41, 5.74) is 2.49. The maximum Gasteiger partial charge on any atom is 0.229 e. The third-order valence-electron chi connectivity index (χ3n) is 6.79. The Labute approximate surface area is 207 Å². The van der Waals surface area contributed by atoms with Crippen LogP contribution in [0.2, 0.25) is 0 Å². The normalized spacial score (nSPS) is 17.5. The minimum atomic E-state index is -0.484. The van der Waals surface area contributed by atoms with Crippen molar-refractivity contribution in [2.75, 3.05) is 31.0 Å². The number of nitrogens with one attached hydrogen (secondary N) is 2. The lowest BCUT2D eigenvalue weighted by Crippen LogP contribution is -2.36. The highest BCUT2D eigenvalue weighted by Gasteiger charge is 2.41. The number of anilines is 4. The zero-order valence-corrected chi connectivity index (χ0v) is 19.9. The van der Waals surface area contributed by atoms with Crippen molar-refractivity contribution in [3.63, 3.8) is 0 Å². The molecule has 1 aliphatic carbocycles. The van der Waals surface area contributed by atoms with Crippen molar-refractivity contribution in [2.45, 2.75) is 37.5 Å². The lowest BCUT2D eigenvalue weighted by Gasteiger charge is -2.36. The smallest absolute Gasteiger partial charge is 0.229 e. The fourth-order valence-electron chi connectivity index (χ4n) is 4.96. The van der Waals surface area contributed by atoms with Gasteiger partial charge in [0.25, 0.3) is 0 Å². The van der Waals surface area contributed by atoms with E-state index in [4.69, 9.17) is 24.2 Å². The summed E-state index contributed by atoms with van der Waals surface area (Å²) >= 11 is 0. The average molecular weight is 491 g/mol. The number of rotatable bonds is 6. The minimum Gasteiger partial charge on any atom is -0.497 e. The molecule has 2 N–H and O–H groups in total. The van der Waals surface area contributed by atoms with Crippen molar-refractivity contribution in [3.8, 4) is 5.75 Å². The molecule has 0 unspecified atom stereocenters. The number of aromatic nitrogens is 4. The van der Waals surface area contributed by atoms with Gasteiger partial charge in [-0.05, 0) is 49.2 Å². The van der Waals surface area contributed by atoms with Gasteiger partial charge in [-0.3, -0.25) is 4.57 Å². The second-order valence-electron chi connectivity index (χ2n) is 9.00. The second kappa shape index (κ2) is 9.36. The molecule has 1 saturated carbocycles. The Kier molecular flexibility index (Phi) is 5.90. The summed E-state index contributed by atoms with van der Waals surface area (Å²) in [6.45, 7) is 1.26. The first-order valence-corrected chi connectivity index (χ1v) is 12.1. The molecule has 186 valence electrons. The first kappa shape index (κ1) is 22.7. The Balaban J connectivity index is 1.35. The van der Waals surface area contributed by atoms with Gasteiger partial charge in [-0.2, -0.15) is 4.98 Å². The van der Waals surface area contributed by atoms with Gasteiger partial charge in [-0.25, -0.2) is 14.4 Å². The van der Waals surface area contributed by atoms with Gasteiger partial charge in [0.2, 0.25) is 11.9 Å². The van der Waals surface area contributed by atoms with Gasteiger partial charge in [-0.1, -0.05) is 12.1 Å². The molecule has 0 radical (unpaired) electrons. The zero-order chi connectivity index (χ0) is 24.5. The fourth-order valence-corrected chi connectivity index (χ4v) is 4.96. The molecule has 1 aliphatic heterocycles. The highest BCUT2D eigenvalue weighted by Crippen LogP contribution is 2.42. The summed E-state index contributed by atoms with van der Waals surface area (Å²) in [5.74, 6) is 0.909. The number of para-hydroxylation sites is 1. The molecule has 6 rings (SSSR count). The van der Waals surface area contributed by atoms with Gasteiger partial charge in [0.05, 0.1) is 32.2 Å². The van der Waals surface area contributed by atoms with Crippen LogP contribution in [-0.4, -0.2) is 45.6 Å². The van der Waals surface area contributed by atoms with E-state index in [2.05, 4.69) is 20.2 Å². The standard InChI is InChI=1S/C26H27FN6O3/c1-34-19-8-6-17(7-9-19)29-24-28-16-22-23(32-24)33(18-10-12-26(13-11-18)35-14-15-36-26)25(31-22)30-21-5-3-2-4-20(21)27/h2-9,16,18H,10-15H2,1H3,(H,30,31)(H,28,29,32). The molecule has 36 heavy (non-hydrogen) atoms. The van der Waals surface area contributed by atoms with E-state index in [9.17, 15) is 4.39 Å². The number of halogens is 1. The van der Waals surface area contributed by atoms with E-state index < -0.39 is 5.79 Å². The predicted molar refractivity (Wildman–Crippen MR) is 133 cm³/mol. The van der Waals surface area contributed by atoms with E-state index >= 15 is 0 Å². The molecule has 10 heteroatoms. The average Bonchev–Trinajstić information content (AvgIpc) is 3.51. The second-order valence-corrected chi connectivity index (χ2v) is 9.00. The largest absolute Gasteiger partial charge is 0.497 e. The van der Waals surface area contributed by atoms with Crippen LogP contribution in [0.5, 0.6) is 5.75 Å². The third kappa shape index (κ3) is 4.33. The van der Waals surface area contributed by atoms with Crippen LogP contribution in [-0.2, 0) is 9.47 Å². The van der Waals surface area contributed by atoms with Gasteiger partial charge in [0.15, 0.2) is 11.4 Å².